The summed E-state index contributed by atoms with van der Waals surface area (Å²) < 4.78 is 0. The molecule has 2 amide bonds. The number of allylic oxidation sites excluding steroid dienone is 1. The number of amides is 2. The molecule has 1 aliphatic heterocycles. The first-order valence-electron chi connectivity index (χ1n) is 5.85. The number of nitrogens with zero attached hydrogens (tertiary/aromatic N) is 2. The Kier molecular flexibility index (Phi) is 2.28. The second-order valence-electron chi connectivity index (χ2n) is 4.61. The SMILES string of the molecule is CN1C(=O)C2=CCCc3cc([N+](=O)[O-])cc(c32)C1=O. The monoisotopic (exact) mass is 258 g/mol. The van der Waals surface area contributed by atoms with Crippen molar-refractivity contribution < 1.29 is 14.5 Å². The summed E-state index contributed by atoms with van der Waals surface area (Å²) in [5, 5.41) is 10.9. The van der Waals surface area contributed by atoms with E-state index in [1.165, 1.54) is 19.2 Å². The van der Waals surface area contributed by atoms with Gasteiger partial charge < -0.3 is 0 Å². The van der Waals surface area contributed by atoms with Crippen molar-refractivity contribution in [1.82, 2.24) is 4.90 Å². The van der Waals surface area contributed by atoms with Gasteiger partial charge in [0.05, 0.1) is 10.5 Å². The molecule has 0 saturated heterocycles. The minimum Gasteiger partial charge on any atom is -0.277 e. The van der Waals surface area contributed by atoms with E-state index in [9.17, 15) is 19.7 Å². The van der Waals surface area contributed by atoms with E-state index in [1.54, 1.807) is 6.08 Å². The first-order valence-corrected chi connectivity index (χ1v) is 5.85. The van der Waals surface area contributed by atoms with Crippen molar-refractivity contribution in [3.63, 3.8) is 0 Å². The van der Waals surface area contributed by atoms with Gasteiger partial charge >= 0.3 is 0 Å². The predicted molar refractivity (Wildman–Crippen MR) is 66.5 cm³/mol. The van der Waals surface area contributed by atoms with E-state index in [-0.39, 0.29) is 17.2 Å². The Morgan fingerprint density at radius 3 is 2.68 bits per heavy atom. The first-order chi connectivity index (χ1) is 9.00. The highest BCUT2D eigenvalue weighted by Crippen LogP contribution is 2.37. The zero-order valence-electron chi connectivity index (χ0n) is 10.2. The van der Waals surface area contributed by atoms with E-state index in [1.807, 2.05) is 0 Å². The average Bonchev–Trinajstić information content (AvgIpc) is 2.41. The van der Waals surface area contributed by atoms with Crippen molar-refractivity contribution in [3.05, 3.63) is 45.0 Å². The molecule has 0 N–H and O–H groups in total. The highest BCUT2D eigenvalue weighted by Gasteiger charge is 2.36. The van der Waals surface area contributed by atoms with Crippen LogP contribution in [-0.2, 0) is 11.2 Å². The lowest BCUT2D eigenvalue weighted by atomic mass is 9.83. The fraction of sp³-hybridized carbons (Fsp3) is 0.231. The number of nitro benzene ring substituents is 1. The molecule has 1 aliphatic carbocycles. The average molecular weight is 258 g/mol. The van der Waals surface area contributed by atoms with Crippen molar-refractivity contribution in [2.75, 3.05) is 7.05 Å². The van der Waals surface area contributed by atoms with E-state index in [0.717, 1.165) is 4.90 Å². The molecule has 0 spiro atoms. The van der Waals surface area contributed by atoms with E-state index in [0.29, 0.717) is 29.5 Å². The Hall–Kier alpha value is -2.50. The van der Waals surface area contributed by atoms with Gasteiger partial charge in [0.1, 0.15) is 0 Å². The van der Waals surface area contributed by atoms with Crippen LogP contribution in [-0.4, -0.2) is 28.7 Å². The van der Waals surface area contributed by atoms with Gasteiger partial charge in [-0.05, 0) is 18.4 Å². The van der Waals surface area contributed by atoms with Crippen LogP contribution in [0.25, 0.3) is 5.57 Å². The van der Waals surface area contributed by atoms with Crippen molar-refractivity contribution >= 4 is 23.1 Å². The van der Waals surface area contributed by atoms with Crippen LogP contribution in [0, 0.1) is 10.1 Å². The van der Waals surface area contributed by atoms with E-state index in [4.69, 9.17) is 0 Å². The van der Waals surface area contributed by atoms with Gasteiger partial charge in [-0.3, -0.25) is 24.6 Å². The van der Waals surface area contributed by atoms with Gasteiger partial charge in [0.2, 0.25) is 0 Å². The minimum atomic E-state index is -0.515. The third kappa shape index (κ3) is 1.49. The fourth-order valence-electron chi connectivity index (χ4n) is 2.60. The van der Waals surface area contributed by atoms with Crippen molar-refractivity contribution in [3.8, 4) is 0 Å². The van der Waals surface area contributed by atoms with Crippen LogP contribution in [0.3, 0.4) is 0 Å². The van der Waals surface area contributed by atoms with Gasteiger partial charge in [-0.25, -0.2) is 0 Å². The Bertz CT molecular complexity index is 675. The van der Waals surface area contributed by atoms with E-state index < -0.39 is 10.8 Å². The molecular weight excluding hydrogens is 248 g/mol. The molecule has 6 nitrogen and oxygen atoms in total. The van der Waals surface area contributed by atoms with Crippen LogP contribution in [0.15, 0.2) is 18.2 Å². The number of nitro groups is 1. The summed E-state index contributed by atoms with van der Waals surface area (Å²) in [6, 6.07) is 2.71. The molecule has 1 aromatic rings. The fourth-order valence-corrected chi connectivity index (χ4v) is 2.60. The first kappa shape index (κ1) is 11.6. The van der Waals surface area contributed by atoms with Gasteiger partial charge in [-0.2, -0.15) is 0 Å². The number of benzene rings is 1. The molecule has 0 bridgehead atoms. The molecule has 0 saturated carbocycles. The highest BCUT2D eigenvalue weighted by atomic mass is 16.6. The van der Waals surface area contributed by atoms with Crippen LogP contribution < -0.4 is 0 Å². The van der Waals surface area contributed by atoms with Crippen LogP contribution in [0.1, 0.15) is 27.9 Å². The summed E-state index contributed by atoms with van der Waals surface area (Å²) in [7, 11) is 1.39. The van der Waals surface area contributed by atoms with Crippen LogP contribution in [0.4, 0.5) is 5.69 Å². The lowest BCUT2D eigenvalue weighted by Crippen LogP contribution is -2.39. The molecule has 0 aromatic heterocycles. The number of hydrogen-bond acceptors (Lipinski definition) is 4. The summed E-state index contributed by atoms with van der Waals surface area (Å²) >= 11 is 0. The summed E-state index contributed by atoms with van der Waals surface area (Å²) in [6.07, 6.45) is 3.05. The number of carbonyl (C=O) groups excluding carboxylic acids is 2. The van der Waals surface area contributed by atoms with E-state index >= 15 is 0 Å². The molecule has 0 fully saturated rings. The van der Waals surface area contributed by atoms with Crippen molar-refractivity contribution in [2.45, 2.75) is 12.8 Å². The summed E-state index contributed by atoms with van der Waals surface area (Å²) in [6.45, 7) is 0. The number of imide groups is 1. The van der Waals surface area contributed by atoms with Gasteiger partial charge in [0.25, 0.3) is 17.5 Å². The number of carbonyl (C=O) groups is 2. The molecule has 0 radical (unpaired) electrons. The maximum Gasteiger partial charge on any atom is 0.270 e. The molecule has 19 heavy (non-hydrogen) atoms. The van der Waals surface area contributed by atoms with Crippen LogP contribution >= 0.6 is 0 Å². The molecule has 3 rings (SSSR count). The number of rotatable bonds is 1. The Labute approximate surface area is 108 Å². The molecule has 1 aromatic carbocycles. The second-order valence-corrected chi connectivity index (χ2v) is 4.61. The molecular formula is C13H10N2O4. The quantitative estimate of drug-likeness (QED) is 0.434. The lowest BCUT2D eigenvalue weighted by molar-refractivity contribution is -0.385. The normalized spacial score (nSPS) is 17.1. The van der Waals surface area contributed by atoms with Gasteiger partial charge in [0.15, 0.2) is 0 Å². The van der Waals surface area contributed by atoms with Crippen LogP contribution in [0.5, 0.6) is 0 Å². The standard InChI is InChI=1S/C13H10N2O4/c1-14-12(16)9-4-2-3-7-5-8(15(18)19)6-10(11(7)9)13(14)17/h4-6H,2-3H2,1H3. The van der Waals surface area contributed by atoms with Crippen molar-refractivity contribution in [2.24, 2.45) is 0 Å². The number of hydrogen-bond donors (Lipinski definition) is 0. The lowest BCUT2D eigenvalue weighted by Gasteiger charge is -2.29. The van der Waals surface area contributed by atoms with Crippen molar-refractivity contribution in [1.29, 1.82) is 0 Å². The maximum absolute atomic E-state index is 12.1. The maximum atomic E-state index is 12.1. The zero-order valence-corrected chi connectivity index (χ0v) is 10.2. The third-order valence-corrected chi connectivity index (χ3v) is 3.52. The van der Waals surface area contributed by atoms with Gasteiger partial charge in [-0.15, -0.1) is 0 Å². The van der Waals surface area contributed by atoms with Gasteiger partial charge in [0, 0.05) is 30.3 Å². The zero-order chi connectivity index (χ0) is 13.7. The predicted octanol–water partition coefficient (Wildman–Crippen LogP) is 1.54. The molecule has 1 heterocycles. The third-order valence-electron chi connectivity index (χ3n) is 3.52. The summed E-state index contributed by atoms with van der Waals surface area (Å²) in [5.41, 5.74) is 1.90. The summed E-state index contributed by atoms with van der Waals surface area (Å²) in [5.74, 6) is -0.823. The Morgan fingerprint density at radius 1 is 1.26 bits per heavy atom. The summed E-state index contributed by atoms with van der Waals surface area (Å²) in [4.78, 5) is 35.5. The smallest absolute Gasteiger partial charge is 0.270 e. The van der Waals surface area contributed by atoms with E-state index in [2.05, 4.69) is 0 Å². The highest BCUT2D eigenvalue weighted by molar-refractivity contribution is 6.31. The minimum absolute atomic E-state index is 0.105. The van der Waals surface area contributed by atoms with Gasteiger partial charge in [-0.1, -0.05) is 6.08 Å². The topological polar surface area (TPSA) is 80.5 Å². The number of likely N-dealkylation sites (N-methyl/N-ethyl adjacent to an activating group) is 1. The van der Waals surface area contributed by atoms with Crippen LogP contribution in [0.2, 0.25) is 0 Å². The molecule has 6 heteroatoms. The molecule has 0 unspecified atom stereocenters. The second kappa shape index (κ2) is 3.74. The molecule has 96 valence electrons. The molecule has 2 aliphatic rings. The largest absolute Gasteiger partial charge is 0.277 e. The number of non-ortho nitro benzene ring substituents is 1. The molecule has 0 atom stereocenters. The Morgan fingerprint density at radius 2 is 2.00 bits per heavy atom. The number of aryl methyl sites for hydroxylation is 1. The Balaban J connectivity index is 2.34.